The van der Waals surface area contributed by atoms with Gasteiger partial charge in [-0.2, -0.15) is 0 Å². The van der Waals surface area contributed by atoms with Crippen molar-refractivity contribution in [1.82, 2.24) is 15.1 Å². The zero-order valence-corrected chi connectivity index (χ0v) is 15.4. The number of benzene rings is 1. The fourth-order valence-corrected chi connectivity index (χ4v) is 2.91. The number of aromatic nitrogens is 2. The van der Waals surface area contributed by atoms with Gasteiger partial charge in [0.1, 0.15) is 17.3 Å². The highest BCUT2D eigenvalue weighted by Crippen LogP contribution is 2.26. The highest BCUT2D eigenvalue weighted by molar-refractivity contribution is 6.30. The Balaban J connectivity index is 1.71. The van der Waals surface area contributed by atoms with E-state index >= 15 is 0 Å². The summed E-state index contributed by atoms with van der Waals surface area (Å²) in [5, 5.41) is 8.92. The van der Waals surface area contributed by atoms with Crippen molar-refractivity contribution < 1.29 is 13.6 Å². The van der Waals surface area contributed by atoms with Crippen LogP contribution in [0.4, 0.5) is 0 Å². The Morgan fingerprint density at radius 2 is 1.92 bits per heavy atom. The minimum Gasteiger partial charge on any atom is -0.496 e. The smallest absolute Gasteiger partial charge is 0.251 e. The van der Waals surface area contributed by atoms with Crippen molar-refractivity contribution in [2.75, 3.05) is 14.2 Å². The first-order chi connectivity index (χ1) is 12.0. The Labute approximate surface area is 151 Å². The van der Waals surface area contributed by atoms with Gasteiger partial charge >= 0.3 is 0 Å². The maximum atomic E-state index is 6.08. The fourth-order valence-electron chi connectivity index (χ4n) is 2.72. The lowest BCUT2D eigenvalue weighted by Gasteiger charge is -2.16. The van der Waals surface area contributed by atoms with Crippen LogP contribution in [0, 0.1) is 13.8 Å². The Kier molecular flexibility index (Phi) is 5.11. The van der Waals surface area contributed by atoms with E-state index in [2.05, 4.69) is 15.1 Å². The van der Waals surface area contributed by atoms with E-state index in [9.17, 15) is 0 Å². The highest BCUT2D eigenvalue weighted by atomic mass is 35.5. The third kappa shape index (κ3) is 4.03. The van der Waals surface area contributed by atoms with Crippen molar-refractivity contribution in [3.8, 4) is 17.2 Å². The number of nitrogens with zero attached hydrogens (tertiary/aromatic N) is 3. The molecule has 3 aromatic rings. The summed E-state index contributed by atoms with van der Waals surface area (Å²) in [4.78, 5) is 2.05. The van der Waals surface area contributed by atoms with Crippen molar-refractivity contribution in [3.63, 3.8) is 0 Å². The number of rotatable bonds is 6. The van der Waals surface area contributed by atoms with E-state index < -0.39 is 0 Å². The van der Waals surface area contributed by atoms with Gasteiger partial charge in [0.15, 0.2) is 0 Å². The first kappa shape index (κ1) is 17.5. The van der Waals surface area contributed by atoms with Crippen LogP contribution in [0.25, 0.3) is 11.5 Å². The van der Waals surface area contributed by atoms with Crippen LogP contribution >= 0.6 is 11.6 Å². The van der Waals surface area contributed by atoms with Crippen molar-refractivity contribution in [2.24, 2.45) is 0 Å². The topological polar surface area (TPSA) is 64.5 Å². The van der Waals surface area contributed by atoms with Crippen molar-refractivity contribution >= 4 is 11.6 Å². The van der Waals surface area contributed by atoms with E-state index in [1.807, 2.05) is 45.2 Å². The molecule has 2 aromatic heterocycles. The van der Waals surface area contributed by atoms with E-state index in [0.717, 1.165) is 28.4 Å². The Morgan fingerprint density at radius 3 is 2.60 bits per heavy atom. The van der Waals surface area contributed by atoms with E-state index in [0.29, 0.717) is 29.9 Å². The summed E-state index contributed by atoms with van der Waals surface area (Å²) >= 11 is 6.08. The number of halogens is 1. The zero-order chi connectivity index (χ0) is 18.0. The third-order valence-electron chi connectivity index (χ3n) is 3.83. The van der Waals surface area contributed by atoms with Crippen LogP contribution in [-0.4, -0.2) is 29.3 Å². The lowest BCUT2D eigenvalue weighted by atomic mass is 10.2. The van der Waals surface area contributed by atoms with Crippen LogP contribution in [0.3, 0.4) is 0 Å². The second-order valence-corrected chi connectivity index (χ2v) is 6.39. The summed E-state index contributed by atoms with van der Waals surface area (Å²) in [7, 11) is 3.61. The molecule has 2 heterocycles. The molecule has 0 fully saturated rings. The summed E-state index contributed by atoms with van der Waals surface area (Å²) < 4.78 is 16.7. The molecule has 0 aliphatic rings. The molecule has 7 heteroatoms. The van der Waals surface area contributed by atoms with Crippen LogP contribution in [0.2, 0.25) is 5.02 Å². The second-order valence-electron chi connectivity index (χ2n) is 5.96. The maximum Gasteiger partial charge on any atom is 0.251 e. The molecule has 0 aliphatic carbocycles. The molecule has 0 bridgehead atoms. The summed E-state index contributed by atoms with van der Waals surface area (Å²) in [5.41, 5.74) is 1.83. The second kappa shape index (κ2) is 7.29. The van der Waals surface area contributed by atoms with Crippen molar-refractivity contribution in [3.05, 3.63) is 52.3 Å². The Hall–Kier alpha value is -2.31. The molecule has 25 heavy (non-hydrogen) atoms. The average molecular weight is 362 g/mol. The van der Waals surface area contributed by atoms with Crippen LogP contribution in [-0.2, 0) is 13.1 Å². The van der Waals surface area contributed by atoms with Crippen molar-refractivity contribution in [1.29, 1.82) is 0 Å². The van der Waals surface area contributed by atoms with Gasteiger partial charge in [-0.05, 0) is 45.2 Å². The molecule has 3 rings (SSSR count). The average Bonchev–Trinajstić information content (AvgIpc) is 3.13. The monoisotopic (exact) mass is 361 g/mol. The number of methoxy groups -OCH3 is 1. The Bertz CT molecular complexity index is 872. The molecule has 0 N–H and O–H groups in total. The predicted molar refractivity (Wildman–Crippen MR) is 94.6 cm³/mol. The van der Waals surface area contributed by atoms with Gasteiger partial charge in [-0.1, -0.05) is 11.6 Å². The summed E-state index contributed by atoms with van der Waals surface area (Å²) in [6.45, 7) is 4.92. The van der Waals surface area contributed by atoms with E-state index in [4.69, 9.17) is 25.2 Å². The van der Waals surface area contributed by atoms with E-state index in [-0.39, 0.29) is 0 Å². The van der Waals surface area contributed by atoms with Crippen molar-refractivity contribution in [2.45, 2.75) is 26.9 Å². The minimum absolute atomic E-state index is 0.470. The van der Waals surface area contributed by atoms with E-state index in [1.165, 1.54) is 0 Å². The molecule has 0 aliphatic heterocycles. The first-order valence-corrected chi connectivity index (χ1v) is 8.25. The van der Waals surface area contributed by atoms with E-state index in [1.54, 1.807) is 7.11 Å². The van der Waals surface area contributed by atoms with Gasteiger partial charge in [0.25, 0.3) is 5.89 Å². The van der Waals surface area contributed by atoms with Gasteiger partial charge in [0, 0.05) is 17.1 Å². The molecule has 0 saturated heterocycles. The number of hydrogen-bond donors (Lipinski definition) is 0. The van der Waals surface area contributed by atoms with Gasteiger partial charge in [0.05, 0.1) is 19.2 Å². The molecular formula is C18H20ClN3O3. The summed E-state index contributed by atoms with van der Waals surface area (Å²) in [5.74, 6) is 3.39. The van der Waals surface area contributed by atoms with Crippen LogP contribution in [0.1, 0.15) is 23.0 Å². The van der Waals surface area contributed by atoms with Gasteiger partial charge in [-0.25, -0.2) is 0 Å². The quantitative estimate of drug-likeness (QED) is 0.654. The van der Waals surface area contributed by atoms with Gasteiger partial charge in [0.2, 0.25) is 5.89 Å². The SMILES string of the molecule is COc1ccc(Cl)cc1CN(C)Cc1nnc(-c2cc(C)oc2C)o1. The lowest BCUT2D eigenvalue weighted by molar-refractivity contribution is 0.277. The molecule has 1 aromatic carbocycles. The molecule has 0 radical (unpaired) electrons. The maximum absolute atomic E-state index is 6.08. The van der Waals surface area contributed by atoms with Gasteiger partial charge in [-0.3, -0.25) is 4.90 Å². The summed E-state index contributed by atoms with van der Waals surface area (Å²) in [6.07, 6.45) is 0. The van der Waals surface area contributed by atoms with Crippen LogP contribution < -0.4 is 4.74 Å². The molecule has 0 saturated carbocycles. The zero-order valence-electron chi connectivity index (χ0n) is 14.7. The minimum atomic E-state index is 0.470. The fraction of sp³-hybridized carbons (Fsp3) is 0.333. The molecule has 6 nitrogen and oxygen atoms in total. The molecule has 0 unspecified atom stereocenters. The lowest BCUT2D eigenvalue weighted by Crippen LogP contribution is -2.18. The first-order valence-electron chi connectivity index (χ1n) is 7.87. The molecule has 0 spiro atoms. The van der Waals surface area contributed by atoms with Gasteiger partial charge < -0.3 is 13.6 Å². The molecule has 0 amide bonds. The Morgan fingerprint density at radius 1 is 1.12 bits per heavy atom. The third-order valence-corrected chi connectivity index (χ3v) is 4.06. The van der Waals surface area contributed by atoms with Crippen LogP contribution in [0.15, 0.2) is 33.1 Å². The molecule has 132 valence electrons. The number of aryl methyl sites for hydroxylation is 2. The number of ether oxygens (including phenoxy) is 1. The standard InChI is InChI=1S/C18H20ClN3O3/c1-11-7-15(12(2)24-11)18-21-20-17(25-18)10-22(3)9-13-8-14(19)5-6-16(13)23-4/h5-8H,9-10H2,1-4H3. The molecular weight excluding hydrogens is 342 g/mol. The number of hydrogen-bond acceptors (Lipinski definition) is 6. The largest absolute Gasteiger partial charge is 0.496 e. The molecule has 0 atom stereocenters. The normalized spacial score (nSPS) is 11.3. The number of furan rings is 1. The van der Waals surface area contributed by atoms with Gasteiger partial charge in [-0.15, -0.1) is 10.2 Å². The highest BCUT2D eigenvalue weighted by Gasteiger charge is 2.16. The van der Waals surface area contributed by atoms with Crippen LogP contribution in [0.5, 0.6) is 5.75 Å². The predicted octanol–water partition coefficient (Wildman–Crippen LogP) is 4.24. The summed E-state index contributed by atoms with van der Waals surface area (Å²) in [6, 6.07) is 7.46.